The van der Waals surface area contributed by atoms with Crippen molar-refractivity contribution in [3.05, 3.63) is 24.3 Å². The maximum Gasteiger partial charge on any atom is 0.0468 e. The molecule has 0 aliphatic heterocycles. The maximum atomic E-state index is 5.72. The quantitative estimate of drug-likeness (QED) is 0.728. The summed E-state index contributed by atoms with van der Waals surface area (Å²) >= 11 is 0. The number of hydrogen-bond acceptors (Lipinski definition) is 3. The van der Waals surface area contributed by atoms with E-state index in [-0.39, 0.29) is 5.41 Å². The van der Waals surface area contributed by atoms with Crippen molar-refractivity contribution >= 4 is 11.4 Å². The molecule has 1 aromatic rings. The zero-order valence-corrected chi connectivity index (χ0v) is 10.4. The monoisotopic (exact) mass is 222 g/mol. The highest BCUT2D eigenvalue weighted by molar-refractivity contribution is 5.54. The average molecular weight is 222 g/mol. The third-order valence-corrected chi connectivity index (χ3v) is 2.64. The summed E-state index contributed by atoms with van der Waals surface area (Å²) in [5.74, 6) is 0. The summed E-state index contributed by atoms with van der Waals surface area (Å²) in [4.78, 5) is 0. The van der Waals surface area contributed by atoms with Crippen molar-refractivity contribution in [3.8, 4) is 0 Å². The van der Waals surface area contributed by atoms with Gasteiger partial charge in [-0.25, -0.2) is 0 Å². The van der Waals surface area contributed by atoms with Crippen LogP contribution in [0.5, 0.6) is 0 Å². The van der Waals surface area contributed by atoms with Crippen LogP contribution in [-0.4, -0.2) is 20.3 Å². The molecule has 0 heterocycles. The minimum atomic E-state index is 0.223. The number of nitrogens with one attached hydrogen (secondary N) is 1. The van der Waals surface area contributed by atoms with Crippen LogP contribution < -0.4 is 11.1 Å². The lowest BCUT2D eigenvalue weighted by Crippen LogP contribution is -2.24. The molecular formula is C13H22N2O. The lowest BCUT2D eigenvalue weighted by molar-refractivity contribution is 0.157. The van der Waals surface area contributed by atoms with Gasteiger partial charge in [-0.05, 0) is 30.0 Å². The first-order chi connectivity index (χ1) is 7.53. The number of hydrogen-bond donors (Lipinski definition) is 2. The van der Waals surface area contributed by atoms with Crippen LogP contribution >= 0.6 is 0 Å². The second-order valence-corrected chi connectivity index (χ2v) is 4.89. The molecule has 0 radical (unpaired) electrons. The zero-order chi connectivity index (χ0) is 12.0. The Morgan fingerprint density at radius 2 is 2.12 bits per heavy atom. The molecule has 0 amide bonds. The van der Waals surface area contributed by atoms with Crippen molar-refractivity contribution in [2.75, 3.05) is 31.3 Å². The summed E-state index contributed by atoms with van der Waals surface area (Å²) in [5.41, 5.74) is 7.81. The molecule has 0 saturated carbocycles. The number of benzene rings is 1. The predicted octanol–water partition coefficient (Wildman–Crippen LogP) is 2.74. The van der Waals surface area contributed by atoms with Gasteiger partial charge in [0.2, 0.25) is 0 Å². The van der Waals surface area contributed by atoms with Crippen LogP contribution in [0.3, 0.4) is 0 Å². The van der Waals surface area contributed by atoms with Crippen LogP contribution in [0, 0.1) is 5.41 Å². The van der Waals surface area contributed by atoms with E-state index >= 15 is 0 Å². The number of rotatable bonds is 6. The molecule has 3 heteroatoms. The Morgan fingerprint density at radius 1 is 1.38 bits per heavy atom. The van der Waals surface area contributed by atoms with Gasteiger partial charge in [0.15, 0.2) is 0 Å². The maximum absolute atomic E-state index is 5.72. The van der Waals surface area contributed by atoms with E-state index in [1.54, 1.807) is 7.11 Å². The van der Waals surface area contributed by atoms with E-state index in [1.165, 1.54) is 0 Å². The van der Waals surface area contributed by atoms with Crippen molar-refractivity contribution in [1.82, 2.24) is 0 Å². The zero-order valence-electron chi connectivity index (χ0n) is 10.4. The summed E-state index contributed by atoms with van der Waals surface area (Å²) in [6, 6.07) is 7.83. The van der Waals surface area contributed by atoms with Gasteiger partial charge in [0.1, 0.15) is 0 Å². The van der Waals surface area contributed by atoms with Gasteiger partial charge >= 0.3 is 0 Å². The number of methoxy groups -OCH3 is 1. The largest absolute Gasteiger partial charge is 0.399 e. The smallest absolute Gasteiger partial charge is 0.0468 e. The third-order valence-electron chi connectivity index (χ3n) is 2.64. The molecular weight excluding hydrogens is 200 g/mol. The minimum absolute atomic E-state index is 0.223. The Kier molecular flexibility index (Phi) is 4.62. The van der Waals surface area contributed by atoms with Crippen LogP contribution in [0.4, 0.5) is 11.4 Å². The van der Waals surface area contributed by atoms with Crippen LogP contribution in [0.15, 0.2) is 24.3 Å². The molecule has 16 heavy (non-hydrogen) atoms. The van der Waals surface area contributed by atoms with Gasteiger partial charge < -0.3 is 15.8 Å². The minimum Gasteiger partial charge on any atom is -0.399 e. The Labute approximate surface area is 98.0 Å². The number of nitrogens with two attached hydrogens (primary N) is 1. The van der Waals surface area contributed by atoms with Crippen LogP contribution in [0.25, 0.3) is 0 Å². The standard InChI is InChI=1S/C13H22N2O/c1-13(2,7-8-16-3)10-15-12-6-4-5-11(14)9-12/h4-6,9,15H,7-8,10,14H2,1-3H3. The second kappa shape index (κ2) is 5.75. The fraction of sp³-hybridized carbons (Fsp3) is 0.538. The topological polar surface area (TPSA) is 47.3 Å². The molecule has 0 atom stereocenters. The molecule has 3 nitrogen and oxygen atoms in total. The molecule has 0 aliphatic rings. The van der Waals surface area contributed by atoms with E-state index in [9.17, 15) is 0 Å². The SMILES string of the molecule is COCCC(C)(C)CNc1cccc(N)c1. The van der Waals surface area contributed by atoms with Gasteiger partial charge in [0, 0.05) is 31.6 Å². The van der Waals surface area contributed by atoms with Gasteiger partial charge in [-0.1, -0.05) is 19.9 Å². The Bertz CT molecular complexity index is 323. The molecule has 0 unspecified atom stereocenters. The third kappa shape index (κ3) is 4.53. The molecule has 1 rings (SSSR count). The highest BCUT2D eigenvalue weighted by atomic mass is 16.5. The number of anilines is 2. The Balaban J connectivity index is 2.44. The van der Waals surface area contributed by atoms with E-state index in [0.29, 0.717) is 0 Å². The van der Waals surface area contributed by atoms with Crippen molar-refractivity contribution in [1.29, 1.82) is 0 Å². The Hall–Kier alpha value is -1.22. The van der Waals surface area contributed by atoms with Crippen molar-refractivity contribution in [2.24, 2.45) is 5.41 Å². The van der Waals surface area contributed by atoms with Gasteiger partial charge in [0.05, 0.1) is 0 Å². The average Bonchev–Trinajstić information content (AvgIpc) is 2.24. The molecule has 0 spiro atoms. The summed E-state index contributed by atoms with van der Waals surface area (Å²) in [6.07, 6.45) is 1.04. The van der Waals surface area contributed by atoms with E-state index < -0.39 is 0 Å². The Morgan fingerprint density at radius 3 is 2.75 bits per heavy atom. The van der Waals surface area contributed by atoms with E-state index in [4.69, 9.17) is 10.5 Å². The first kappa shape index (κ1) is 12.8. The van der Waals surface area contributed by atoms with Crippen LogP contribution in [0.2, 0.25) is 0 Å². The van der Waals surface area contributed by atoms with Gasteiger partial charge in [-0.15, -0.1) is 0 Å². The first-order valence-corrected chi connectivity index (χ1v) is 5.62. The van der Waals surface area contributed by atoms with Crippen molar-refractivity contribution in [3.63, 3.8) is 0 Å². The molecule has 0 saturated heterocycles. The second-order valence-electron chi connectivity index (χ2n) is 4.89. The molecule has 0 aliphatic carbocycles. The fourth-order valence-corrected chi connectivity index (χ4v) is 1.46. The summed E-state index contributed by atoms with van der Waals surface area (Å²) in [7, 11) is 1.74. The lowest BCUT2D eigenvalue weighted by atomic mass is 9.89. The first-order valence-electron chi connectivity index (χ1n) is 5.62. The van der Waals surface area contributed by atoms with Gasteiger partial charge in [-0.2, -0.15) is 0 Å². The highest BCUT2D eigenvalue weighted by Crippen LogP contribution is 2.21. The molecule has 3 N–H and O–H groups in total. The lowest BCUT2D eigenvalue weighted by Gasteiger charge is -2.25. The molecule has 1 aromatic carbocycles. The van der Waals surface area contributed by atoms with Gasteiger partial charge in [0.25, 0.3) is 0 Å². The van der Waals surface area contributed by atoms with E-state index in [2.05, 4.69) is 19.2 Å². The fourth-order valence-electron chi connectivity index (χ4n) is 1.46. The number of ether oxygens (including phenoxy) is 1. The van der Waals surface area contributed by atoms with Crippen molar-refractivity contribution < 1.29 is 4.74 Å². The molecule has 90 valence electrons. The van der Waals surface area contributed by atoms with Crippen molar-refractivity contribution in [2.45, 2.75) is 20.3 Å². The van der Waals surface area contributed by atoms with E-state index in [0.717, 1.165) is 30.9 Å². The van der Waals surface area contributed by atoms with Gasteiger partial charge in [-0.3, -0.25) is 0 Å². The van der Waals surface area contributed by atoms with Crippen LogP contribution in [-0.2, 0) is 4.74 Å². The predicted molar refractivity (Wildman–Crippen MR) is 69.6 cm³/mol. The molecule has 0 fully saturated rings. The molecule has 0 bridgehead atoms. The summed E-state index contributed by atoms with van der Waals surface area (Å²) in [6.45, 7) is 6.17. The summed E-state index contributed by atoms with van der Waals surface area (Å²) < 4.78 is 5.10. The van der Waals surface area contributed by atoms with E-state index in [1.807, 2.05) is 24.3 Å². The normalized spacial score (nSPS) is 11.4. The summed E-state index contributed by atoms with van der Waals surface area (Å²) in [5, 5.41) is 3.40. The highest BCUT2D eigenvalue weighted by Gasteiger charge is 2.16. The van der Waals surface area contributed by atoms with Crippen LogP contribution in [0.1, 0.15) is 20.3 Å². The molecule has 0 aromatic heterocycles. The number of nitrogen functional groups attached to an aromatic ring is 1.